The first-order valence-electron chi connectivity index (χ1n) is 11.0. The van der Waals surface area contributed by atoms with Crippen molar-refractivity contribution in [3.05, 3.63) is 47.5 Å². The molecule has 0 saturated carbocycles. The summed E-state index contributed by atoms with van der Waals surface area (Å²) in [5.41, 5.74) is 7.96. The highest BCUT2D eigenvalue weighted by Crippen LogP contribution is 2.19. The molecule has 2 aliphatic heterocycles. The fraction of sp³-hybridized carbons (Fsp3) is 0.545. The summed E-state index contributed by atoms with van der Waals surface area (Å²) in [7, 11) is 1.79. The van der Waals surface area contributed by atoms with E-state index in [1.54, 1.807) is 13.4 Å². The Morgan fingerprint density at radius 3 is 2.94 bits per heavy atom. The second kappa shape index (κ2) is 11.6. The van der Waals surface area contributed by atoms with Crippen LogP contribution in [0.4, 0.5) is 0 Å². The molecule has 0 spiro atoms. The maximum atomic E-state index is 11.5. The number of aliphatic imine (C=N–C) groups is 1. The number of nitrogens with one attached hydrogen (secondary N) is 2. The first-order valence-corrected chi connectivity index (χ1v) is 11.0. The highest BCUT2D eigenvalue weighted by Gasteiger charge is 2.24. The Kier molecular flexibility index (Phi) is 8.85. The topological polar surface area (TPSA) is 113 Å². The number of nitrogens with two attached hydrogens (primary N) is 1. The summed E-state index contributed by atoms with van der Waals surface area (Å²) >= 11 is 0. The molecule has 4 N–H and O–H groups in total. The lowest BCUT2D eigenvalue weighted by atomic mass is 9.97. The van der Waals surface area contributed by atoms with Crippen molar-refractivity contribution in [2.75, 3.05) is 20.1 Å². The molecule has 3 heterocycles. The number of amides is 1. The standard InChI is InChI=1S/C22H32N8O.HI/c1-24-22(28-19-7-8-20-26-15-27-30(20)14-19)25-11-16-4-2-5-17(10-16)12-29-9-3-6-18(13-29)21(23)31;/h2,4-5,10,15,18-19H,3,6-9,11-14H2,1H3,(H2,23,31)(H2,24,25,28);1H. The average molecular weight is 552 g/mol. The number of carbonyl (C=O) groups excluding carboxylic acids is 1. The second-order valence-corrected chi connectivity index (χ2v) is 8.46. The number of piperidine rings is 1. The van der Waals surface area contributed by atoms with E-state index in [9.17, 15) is 4.79 Å². The van der Waals surface area contributed by atoms with Crippen molar-refractivity contribution in [3.63, 3.8) is 0 Å². The van der Waals surface area contributed by atoms with E-state index in [0.29, 0.717) is 6.54 Å². The largest absolute Gasteiger partial charge is 0.369 e. The molecule has 2 atom stereocenters. The zero-order valence-electron chi connectivity index (χ0n) is 18.5. The van der Waals surface area contributed by atoms with Gasteiger partial charge in [-0.3, -0.25) is 14.7 Å². The lowest BCUT2D eigenvalue weighted by molar-refractivity contribution is -0.123. The van der Waals surface area contributed by atoms with E-state index in [1.165, 1.54) is 11.1 Å². The third kappa shape index (κ3) is 6.41. The number of hydrogen-bond acceptors (Lipinski definition) is 5. The van der Waals surface area contributed by atoms with Crippen LogP contribution in [0.1, 0.15) is 36.2 Å². The van der Waals surface area contributed by atoms with Crippen molar-refractivity contribution in [2.24, 2.45) is 16.6 Å². The van der Waals surface area contributed by atoms with E-state index in [-0.39, 0.29) is 41.8 Å². The molecule has 1 amide bonds. The van der Waals surface area contributed by atoms with Crippen LogP contribution in [0.15, 0.2) is 35.6 Å². The minimum absolute atomic E-state index is 0. The van der Waals surface area contributed by atoms with E-state index in [1.807, 2.05) is 4.68 Å². The summed E-state index contributed by atoms with van der Waals surface area (Å²) in [5, 5.41) is 11.2. The molecule has 0 radical (unpaired) electrons. The van der Waals surface area contributed by atoms with Gasteiger partial charge in [-0.1, -0.05) is 24.3 Å². The van der Waals surface area contributed by atoms with Gasteiger partial charge in [0, 0.05) is 39.1 Å². The van der Waals surface area contributed by atoms with Crippen LogP contribution >= 0.6 is 24.0 Å². The lowest BCUT2D eigenvalue weighted by Crippen LogP contribution is -2.46. The molecule has 2 aromatic rings. The average Bonchev–Trinajstić information content (AvgIpc) is 3.25. The highest BCUT2D eigenvalue weighted by molar-refractivity contribution is 14.0. The molecule has 9 nitrogen and oxygen atoms in total. The first-order chi connectivity index (χ1) is 15.1. The molecule has 1 aromatic carbocycles. The fourth-order valence-corrected chi connectivity index (χ4v) is 4.46. The molecule has 174 valence electrons. The monoisotopic (exact) mass is 552 g/mol. The van der Waals surface area contributed by atoms with E-state index in [2.05, 4.69) is 54.9 Å². The molecule has 1 fully saturated rings. The predicted octanol–water partition coefficient (Wildman–Crippen LogP) is 1.27. The van der Waals surface area contributed by atoms with Crippen molar-refractivity contribution >= 4 is 35.8 Å². The molecular weight excluding hydrogens is 519 g/mol. The third-order valence-corrected chi connectivity index (χ3v) is 6.14. The zero-order chi connectivity index (χ0) is 21.6. The number of nitrogens with zero attached hydrogens (tertiary/aromatic N) is 5. The Morgan fingerprint density at radius 1 is 1.28 bits per heavy atom. The van der Waals surface area contributed by atoms with Gasteiger partial charge in [-0.15, -0.1) is 24.0 Å². The van der Waals surface area contributed by atoms with Crippen molar-refractivity contribution in [1.82, 2.24) is 30.3 Å². The number of likely N-dealkylation sites (tertiary alicyclic amines) is 1. The molecule has 0 aliphatic carbocycles. The highest BCUT2D eigenvalue weighted by atomic mass is 127. The summed E-state index contributed by atoms with van der Waals surface area (Å²) < 4.78 is 1.96. The van der Waals surface area contributed by atoms with Gasteiger partial charge in [0.1, 0.15) is 12.2 Å². The summed E-state index contributed by atoms with van der Waals surface area (Å²) in [4.78, 5) is 22.5. The molecule has 32 heavy (non-hydrogen) atoms. The van der Waals surface area contributed by atoms with Crippen molar-refractivity contribution in [2.45, 2.75) is 51.4 Å². The number of carbonyl (C=O) groups is 1. The van der Waals surface area contributed by atoms with Gasteiger partial charge in [0.2, 0.25) is 5.91 Å². The van der Waals surface area contributed by atoms with E-state index >= 15 is 0 Å². The number of hydrogen-bond donors (Lipinski definition) is 3. The van der Waals surface area contributed by atoms with Crippen molar-refractivity contribution in [1.29, 1.82) is 0 Å². The molecule has 0 bridgehead atoms. The Balaban J connectivity index is 0.00000289. The Hall–Kier alpha value is -2.21. The number of guanidine groups is 1. The number of benzene rings is 1. The summed E-state index contributed by atoms with van der Waals surface area (Å²) in [6.07, 6.45) is 5.48. The van der Waals surface area contributed by atoms with Gasteiger partial charge in [0.05, 0.1) is 12.5 Å². The normalized spacial score (nSPS) is 21.3. The second-order valence-electron chi connectivity index (χ2n) is 8.46. The number of primary amides is 1. The number of aryl methyl sites for hydroxylation is 1. The number of halogens is 1. The Labute approximate surface area is 206 Å². The smallest absolute Gasteiger partial charge is 0.221 e. The van der Waals surface area contributed by atoms with Gasteiger partial charge in [0.25, 0.3) is 0 Å². The fourth-order valence-electron chi connectivity index (χ4n) is 4.46. The third-order valence-electron chi connectivity index (χ3n) is 6.14. The van der Waals surface area contributed by atoms with Crippen LogP contribution in [-0.2, 0) is 30.8 Å². The first kappa shape index (κ1) is 24.4. The van der Waals surface area contributed by atoms with Crippen LogP contribution in [0.3, 0.4) is 0 Å². The van der Waals surface area contributed by atoms with Crippen LogP contribution in [-0.4, -0.2) is 57.7 Å². The molecule has 1 aromatic heterocycles. The van der Waals surface area contributed by atoms with Crippen LogP contribution in [0.2, 0.25) is 0 Å². The maximum Gasteiger partial charge on any atom is 0.221 e. The van der Waals surface area contributed by atoms with Gasteiger partial charge < -0.3 is 16.4 Å². The Bertz CT molecular complexity index is 930. The maximum absolute atomic E-state index is 11.5. The number of aromatic nitrogens is 3. The zero-order valence-corrected chi connectivity index (χ0v) is 20.9. The number of fused-ring (bicyclic) bond motifs is 1. The summed E-state index contributed by atoms with van der Waals surface area (Å²) in [5.74, 6) is 1.63. The van der Waals surface area contributed by atoms with E-state index in [0.717, 1.165) is 63.6 Å². The Morgan fingerprint density at radius 2 is 2.12 bits per heavy atom. The van der Waals surface area contributed by atoms with E-state index < -0.39 is 0 Å². The van der Waals surface area contributed by atoms with Crippen LogP contribution in [0.5, 0.6) is 0 Å². The molecule has 1 saturated heterocycles. The molecule has 2 aliphatic rings. The van der Waals surface area contributed by atoms with Gasteiger partial charge in [-0.05, 0) is 36.9 Å². The van der Waals surface area contributed by atoms with Crippen LogP contribution < -0.4 is 16.4 Å². The van der Waals surface area contributed by atoms with Crippen LogP contribution in [0, 0.1) is 5.92 Å². The predicted molar refractivity (Wildman–Crippen MR) is 135 cm³/mol. The molecule has 2 unspecified atom stereocenters. The molecule has 10 heteroatoms. The van der Waals surface area contributed by atoms with Gasteiger partial charge in [0.15, 0.2) is 5.96 Å². The SMILES string of the molecule is CN=C(NCc1cccc(CN2CCCC(C(N)=O)C2)c1)NC1CCc2ncnn2C1.I. The summed E-state index contributed by atoms with van der Waals surface area (Å²) in [6, 6.07) is 8.85. The quantitative estimate of drug-likeness (QED) is 0.283. The minimum Gasteiger partial charge on any atom is -0.369 e. The molecule has 4 rings (SSSR count). The lowest BCUT2D eigenvalue weighted by Gasteiger charge is -2.31. The van der Waals surface area contributed by atoms with Crippen molar-refractivity contribution in [3.8, 4) is 0 Å². The van der Waals surface area contributed by atoms with Crippen LogP contribution in [0.25, 0.3) is 0 Å². The number of rotatable bonds is 6. The van der Waals surface area contributed by atoms with Gasteiger partial charge in [-0.25, -0.2) is 9.67 Å². The van der Waals surface area contributed by atoms with Gasteiger partial charge in [-0.2, -0.15) is 5.10 Å². The summed E-state index contributed by atoms with van der Waals surface area (Å²) in [6.45, 7) is 4.10. The van der Waals surface area contributed by atoms with E-state index in [4.69, 9.17) is 5.73 Å². The van der Waals surface area contributed by atoms with Crippen molar-refractivity contribution < 1.29 is 4.79 Å². The van der Waals surface area contributed by atoms with Gasteiger partial charge >= 0.3 is 0 Å². The minimum atomic E-state index is -0.181. The molecular formula is C22H33IN8O.